The molecule has 1 fully saturated rings. The van der Waals surface area contributed by atoms with Crippen LogP contribution in [0.25, 0.3) is 0 Å². The molecule has 0 bridgehead atoms. The fourth-order valence-corrected chi connectivity index (χ4v) is 3.85. The molecule has 0 saturated carbocycles. The number of nitrogens with one attached hydrogen (secondary N) is 2. The summed E-state index contributed by atoms with van der Waals surface area (Å²) in [4.78, 5) is 32.0. The van der Waals surface area contributed by atoms with Crippen molar-refractivity contribution in [2.75, 3.05) is 13.7 Å². The monoisotopic (exact) mass is 419 g/mol. The van der Waals surface area contributed by atoms with Crippen molar-refractivity contribution in [3.8, 4) is 5.75 Å². The Kier molecular flexibility index (Phi) is 5.97. The number of aromatic nitrogens is 3. The van der Waals surface area contributed by atoms with Gasteiger partial charge in [0, 0.05) is 18.2 Å². The summed E-state index contributed by atoms with van der Waals surface area (Å²) in [6.45, 7) is 2.23. The molecule has 1 saturated heterocycles. The predicted molar refractivity (Wildman–Crippen MR) is 115 cm³/mol. The van der Waals surface area contributed by atoms with E-state index in [1.54, 1.807) is 24.1 Å². The molecule has 31 heavy (non-hydrogen) atoms. The van der Waals surface area contributed by atoms with Crippen LogP contribution in [0.4, 0.5) is 0 Å². The second kappa shape index (κ2) is 8.99. The summed E-state index contributed by atoms with van der Waals surface area (Å²) < 4.78 is 5.18. The minimum Gasteiger partial charge on any atom is -0.497 e. The van der Waals surface area contributed by atoms with Gasteiger partial charge in [0.05, 0.1) is 19.6 Å². The molecule has 1 aliphatic heterocycles. The largest absolute Gasteiger partial charge is 0.497 e. The molecule has 8 heteroatoms. The van der Waals surface area contributed by atoms with E-state index in [1.165, 1.54) is 0 Å². The van der Waals surface area contributed by atoms with Gasteiger partial charge >= 0.3 is 0 Å². The molecule has 2 aromatic carbocycles. The zero-order valence-electron chi connectivity index (χ0n) is 17.5. The fraction of sp³-hybridized carbons (Fsp3) is 0.304. The number of hydrogen-bond donors (Lipinski definition) is 2. The Balaban J connectivity index is 1.50. The van der Waals surface area contributed by atoms with Crippen molar-refractivity contribution in [3.63, 3.8) is 0 Å². The molecular formula is C23H25N5O3. The van der Waals surface area contributed by atoms with Crippen molar-refractivity contribution in [3.05, 3.63) is 77.4 Å². The van der Waals surface area contributed by atoms with Gasteiger partial charge in [0.2, 0.25) is 5.91 Å². The van der Waals surface area contributed by atoms with Crippen molar-refractivity contribution in [1.29, 1.82) is 0 Å². The molecule has 4 rings (SSSR count). The number of methoxy groups -OCH3 is 1. The predicted octanol–water partition coefficient (Wildman–Crippen LogP) is 2.44. The quantitative estimate of drug-likeness (QED) is 0.639. The van der Waals surface area contributed by atoms with Crippen LogP contribution in [0.5, 0.6) is 5.75 Å². The normalized spacial score (nSPS) is 18.1. The molecule has 3 aromatic rings. The first-order valence-corrected chi connectivity index (χ1v) is 10.2. The van der Waals surface area contributed by atoms with Crippen molar-refractivity contribution in [2.24, 2.45) is 0 Å². The average Bonchev–Trinajstić information content (AvgIpc) is 3.41. The Hall–Kier alpha value is -3.68. The average molecular weight is 419 g/mol. The molecule has 0 unspecified atom stereocenters. The Morgan fingerprint density at radius 2 is 1.90 bits per heavy atom. The van der Waals surface area contributed by atoms with Crippen molar-refractivity contribution >= 4 is 11.8 Å². The maximum atomic E-state index is 13.2. The maximum Gasteiger partial charge on any atom is 0.251 e. The Bertz CT molecular complexity index is 1050. The lowest BCUT2D eigenvalue weighted by atomic mass is 10.1. The van der Waals surface area contributed by atoms with Gasteiger partial charge in [0.25, 0.3) is 5.91 Å². The summed E-state index contributed by atoms with van der Waals surface area (Å²) in [7, 11) is 1.61. The van der Waals surface area contributed by atoms with Gasteiger partial charge in [0.1, 0.15) is 11.6 Å². The third kappa shape index (κ3) is 4.74. The van der Waals surface area contributed by atoms with Gasteiger partial charge in [-0.15, -0.1) is 0 Å². The lowest BCUT2D eigenvalue weighted by molar-refractivity contribution is -0.131. The summed E-state index contributed by atoms with van der Waals surface area (Å²) >= 11 is 0. The van der Waals surface area contributed by atoms with E-state index in [0.717, 1.165) is 11.3 Å². The standard InChI is InChI=1S/C23H25N5O3/c1-15-24-22(27-26-15)20-13-18(25-23(30)17-6-4-3-5-7-17)14-28(20)21(29)12-16-8-10-19(31-2)11-9-16/h3-11,18,20H,12-14H2,1-2H3,(H,25,30)(H,24,26,27)/t18-,20-/m0/s1. The van der Waals surface area contributed by atoms with Crippen LogP contribution >= 0.6 is 0 Å². The number of carbonyl (C=O) groups is 2. The van der Waals surface area contributed by atoms with Crippen molar-refractivity contribution < 1.29 is 14.3 Å². The molecule has 2 amide bonds. The van der Waals surface area contributed by atoms with Crippen LogP contribution in [-0.2, 0) is 11.2 Å². The van der Waals surface area contributed by atoms with Gasteiger partial charge in [-0.25, -0.2) is 4.98 Å². The Morgan fingerprint density at radius 1 is 1.16 bits per heavy atom. The zero-order valence-corrected chi connectivity index (χ0v) is 17.5. The van der Waals surface area contributed by atoms with E-state index < -0.39 is 0 Å². The molecule has 2 heterocycles. The van der Waals surface area contributed by atoms with Crippen LogP contribution in [0.3, 0.4) is 0 Å². The maximum absolute atomic E-state index is 13.2. The highest BCUT2D eigenvalue weighted by Gasteiger charge is 2.39. The number of H-pyrrole nitrogens is 1. The summed E-state index contributed by atoms with van der Waals surface area (Å²) in [6, 6.07) is 16.0. The number of aryl methyl sites for hydroxylation is 1. The van der Waals surface area contributed by atoms with E-state index in [1.807, 2.05) is 49.4 Å². The van der Waals surface area contributed by atoms with Crippen molar-refractivity contribution in [2.45, 2.75) is 31.8 Å². The fourth-order valence-electron chi connectivity index (χ4n) is 3.85. The van der Waals surface area contributed by atoms with E-state index in [2.05, 4.69) is 20.5 Å². The lowest BCUT2D eigenvalue weighted by Crippen LogP contribution is -2.39. The van der Waals surface area contributed by atoms with Gasteiger partial charge in [0.15, 0.2) is 5.82 Å². The van der Waals surface area contributed by atoms with Crippen LogP contribution < -0.4 is 10.1 Å². The number of ether oxygens (including phenoxy) is 1. The van der Waals surface area contributed by atoms with Crippen LogP contribution in [0.15, 0.2) is 54.6 Å². The minimum absolute atomic E-state index is 0.0333. The van der Waals surface area contributed by atoms with E-state index in [4.69, 9.17) is 4.74 Å². The minimum atomic E-state index is -0.295. The van der Waals surface area contributed by atoms with Gasteiger partial charge in [-0.05, 0) is 43.2 Å². The number of likely N-dealkylation sites (tertiary alicyclic amines) is 1. The van der Waals surface area contributed by atoms with Crippen molar-refractivity contribution in [1.82, 2.24) is 25.4 Å². The van der Waals surface area contributed by atoms with E-state index >= 15 is 0 Å². The summed E-state index contributed by atoms with van der Waals surface area (Å²) in [6.07, 6.45) is 0.813. The van der Waals surface area contributed by atoms with E-state index in [0.29, 0.717) is 30.2 Å². The number of amides is 2. The van der Waals surface area contributed by atoms with Gasteiger partial charge < -0.3 is 15.0 Å². The number of aromatic amines is 1. The third-order valence-electron chi connectivity index (χ3n) is 5.42. The molecular weight excluding hydrogens is 394 g/mol. The SMILES string of the molecule is COc1ccc(CC(=O)N2C[C@@H](NC(=O)c3ccccc3)C[C@H]2c2n[nH]c(C)n2)cc1. The molecule has 0 aliphatic carbocycles. The Labute approximate surface area is 180 Å². The summed E-state index contributed by atoms with van der Waals surface area (Å²) in [5.41, 5.74) is 1.49. The first-order valence-electron chi connectivity index (χ1n) is 10.2. The second-order valence-corrected chi connectivity index (χ2v) is 7.64. The number of carbonyl (C=O) groups excluding carboxylic acids is 2. The van der Waals surface area contributed by atoms with E-state index in [9.17, 15) is 9.59 Å². The van der Waals surface area contributed by atoms with Gasteiger partial charge in [-0.1, -0.05) is 30.3 Å². The van der Waals surface area contributed by atoms with Crippen LogP contribution in [0, 0.1) is 6.92 Å². The number of nitrogens with zero attached hydrogens (tertiary/aromatic N) is 3. The highest BCUT2D eigenvalue weighted by molar-refractivity contribution is 5.94. The van der Waals surface area contributed by atoms with Gasteiger partial charge in [-0.2, -0.15) is 5.10 Å². The highest BCUT2D eigenvalue weighted by Crippen LogP contribution is 2.31. The molecule has 0 radical (unpaired) electrons. The summed E-state index contributed by atoms with van der Waals surface area (Å²) in [5, 5.41) is 10.2. The van der Waals surface area contributed by atoms with Crippen LogP contribution in [-0.4, -0.2) is 51.6 Å². The molecule has 160 valence electrons. The zero-order chi connectivity index (χ0) is 21.8. The van der Waals surface area contributed by atoms with E-state index in [-0.39, 0.29) is 30.3 Å². The summed E-state index contributed by atoms with van der Waals surface area (Å²) in [5.74, 6) is 1.82. The number of rotatable bonds is 6. The van der Waals surface area contributed by atoms with Crippen LogP contribution in [0.1, 0.15) is 40.0 Å². The molecule has 1 aliphatic rings. The number of hydrogen-bond acceptors (Lipinski definition) is 5. The Morgan fingerprint density at radius 3 is 2.55 bits per heavy atom. The second-order valence-electron chi connectivity index (χ2n) is 7.64. The molecule has 2 atom stereocenters. The number of benzene rings is 2. The van der Waals surface area contributed by atoms with Crippen LogP contribution in [0.2, 0.25) is 0 Å². The highest BCUT2D eigenvalue weighted by atomic mass is 16.5. The molecule has 8 nitrogen and oxygen atoms in total. The lowest BCUT2D eigenvalue weighted by Gasteiger charge is -2.22. The van der Waals surface area contributed by atoms with Gasteiger partial charge in [-0.3, -0.25) is 14.7 Å². The smallest absolute Gasteiger partial charge is 0.251 e. The first-order chi connectivity index (χ1) is 15.0. The topological polar surface area (TPSA) is 100 Å². The molecule has 0 spiro atoms. The third-order valence-corrected chi connectivity index (χ3v) is 5.42. The first kappa shape index (κ1) is 20.6. The molecule has 1 aromatic heterocycles. The molecule has 2 N–H and O–H groups in total.